The Kier molecular flexibility index (Phi) is 2.83. The van der Waals surface area contributed by atoms with Gasteiger partial charge in [0.2, 0.25) is 0 Å². The van der Waals surface area contributed by atoms with Gasteiger partial charge in [0.25, 0.3) is 0 Å². The molecule has 0 saturated carbocycles. The summed E-state index contributed by atoms with van der Waals surface area (Å²) >= 11 is 0. The van der Waals surface area contributed by atoms with Crippen LogP contribution in [0.15, 0.2) is 22.6 Å². The van der Waals surface area contributed by atoms with Crippen molar-refractivity contribution in [2.75, 3.05) is 18.5 Å². The summed E-state index contributed by atoms with van der Waals surface area (Å²) in [7, 11) is 2.04. The van der Waals surface area contributed by atoms with Crippen LogP contribution in [0.4, 0.5) is 5.69 Å². The van der Waals surface area contributed by atoms with Crippen LogP contribution in [0, 0.1) is 6.92 Å². The van der Waals surface area contributed by atoms with Crippen molar-refractivity contribution >= 4 is 16.8 Å². The minimum Gasteiger partial charge on any atom is -0.441 e. The number of aromatic nitrogens is 1. The van der Waals surface area contributed by atoms with E-state index in [0.29, 0.717) is 12.4 Å². The summed E-state index contributed by atoms with van der Waals surface area (Å²) in [6.07, 6.45) is 0. The van der Waals surface area contributed by atoms with E-state index in [1.165, 1.54) is 0 Å². The molecule has 4 heteroatoms. The molecular weight excluding hydrogens is 214 g/mol. The van der Waals surface area contributed by atoms with Gasteiger partial charge in [-0.1, -0.05) is 0 Å². The van der Waals surface area contributed by atoms with Gasteiger partial charge in [-0.15, -0.1) is 0 Å². The summed E-state index contributed by atoms with van der Waals surface area (Å²) in [6, 6.07) is 6.03. The minimum atomic E-state index is -0.0806. The minimum absolute atomic E-state index is 0.0806. The van der Waals surface area contributed by atoms with Gasteiger partial charge in [0.15, 0.2) is 11.5 Å². The van der Waals surface area contributed by atoms with Crippen molar-refractivity contribution in [1.29, 1.82) is 0 Å². The Morgan fingerprint density at radius 1 is 1.41 bits per heavy atom. The number of anilines is 1. The fourth-order valence-electron chi connectivity index (χ4n) is 1.72. The maximum absolute atomic E-state index is 5.78. The summed E-state index contributed by atoms with van der Waals surface area (Å²) in [5.41, 5.74) is 8.50. The number of aryl methyl sites for hydroxylation is 1. The molecule has 0 spiro atoms. The monoisotopic (exact) mass is 233 g/mol. The molecule has 0 fully saturated rings. The van der Waals surface area contributed by atoms with Crippen molar-refractivity contribution in [2.45, 2.75) is 26.3 Å². The van der Waals surface area contributed by atoms with E-state index < -0.39 is 0 Å². The Morgan fingerprint density at radius 2 is 2.12 bits per heavy atom. The maximum Gasteiger partial charge on any atom is 0.192 e. The molecule has 0 aliphatic rings. The second kappa shape index (κ2) is 4.04. The third kappa shape index (κ3) is 2.13. The Morgan fingerprint density at radius 3 is 2.76 bits per heavy atom. The van der Waals surface area contributed by atoms with E-state index in [9.17, 15) is 0 Å². The van der Waals surface area contributed by atoms with E-state index in [2.05, 4.69) is 23.7 Å². The van der Waals surface area contributed by atoms with Crippen molar-refractivity contribution in [3.05, 3.63) is 24.1 Å². The van der Waals surface area contributed by atoms with Crippen LogP contribution in [-0.4, -0.2) is 24.1 Å². The largest absolute Gasteiger partial charge is 0.441 e. The molecule has 1 heterocycles. The lowest BCUT2D eigenvalue weighted by Gasteiger charge is -2.36. The van der Waals surface area contributed by atoms with Crippen molar-refractivity contribution in [3.63, 3.8) is 0 Å². The first kappa shape index (κ1) is 11.9. The van der Waals surface area contributed by atoms with Crippen molar-refractivity contribution < 1.29 is 4.42 Å². The lowest BCUT2D eigenvalue weighted by molar-refractivity contribution is 0.498. The molecule has 17 heavy (non-hydrogen) atoms. The number of benzene rings is 1. The third-order valence-electron chi connectivity index (χ3n) is 3.27. The number of nitrogens with zero attached hydrogens (tertiary/aromatic N) is 2. The number of likely N-dealkylation sites (N-methyl/N-ethyl adjacent to an activating group) is 1. The van der Waals surface area contributed by atoms with E-state index in [0.717, 1.165) is 16.8 Å². The molecule has 0 radical (unpaired) electrons. The van der Waals surface area contributed by atoms with E-state index in [-0.39, 0.29) is 5.54 Å². The molecule has 0 saturated heterocycles. The maximum atomic E-state index is 5.78. The van der Waals surface area contributed by atoms with Crippen LogP contribution in [0.25, 0.3) is 11.1 Å². The second-order valence-electron chi connectivity index (χ2n) is 4.96. The van der Waals surface area contributed by atoms with Crippen molar-refractivity contribution in [3.8, 4) is 0 Å². The van der Waals surface area contributed by atoms with Crippen molar-refractivity contribution in [1.82, 2.24) is 4.98 Å². The van der Waals surface area contributed by atoms with Gasteiger partial charge in [-0.3, -0.25) is 0 Å². The quantitative estimate of drug-likeness (QED) is 0.883. The van der Waals surface area contributed by atoms with E-state index in [1.54, 1.807) is 0 Å². The zero-order valence-corrected chi connectivity index (χ0v) is 10.8. The van der Waals surface area contributed by atoms with Gasteiger partial charge in [-0.05, 0) is 26.0 Å². The lowest BCUT2D eigenvalue weighted by Crippen LogP contribution is -2.47. The Hall–Kier alpha value is -1.55. The highest BCUT2D eigenvalue weighted by Crippen LogP contribution is 2.26. The molecule has 2 aromatic rings. The Labute approximate surface area is 101 Å². The number of hydrogen-bond donors (Lipinski definition) is 1. The molecule has 1 aromatic carbocycles. The van der Waals surface area contributed by atoms with Gasteiger partial charge in [-0.2, -0.15) is 0 Å². The fourth-order valence-corrected chi connectivity index (χ4v) is 1.72. The van der Waals surface area contributed by atoms with Crippen LogP contribution in [-0.2, 0) is 0 Å². The highest BCUT2D eigenvalue weighted by Gasteiger charge is 2.22. The summed E-state index contributed by atoms with van der Waals surface area (Å²) in [4.78, 5) is 6.44. The molecule has 4 nitrogen and oxygen atoms in total. The van der Waals surface area contributed by atoms with Crippen LogP contribution in [0.1, 0.15) is 19.7 Å². The molecule has 0 unspecified atom stereocenters. The average molecular weight is 233 g/mol. The zero-order valence-electron chi connectivity index (χ0n) is 10.8. The number of hydrogen-bond acceptors (Lipinski definition) is 4. The van der Waals surface area contributed by atoms with Crippen LogP contribution in [0.5, 0.6) is 0 Å². The predicted molar refractivity (Wildman–Crippen MR) is 70.3 cm³/mol. The van der Waals surface area contributed by atoms with Crippen LogP contribution < -0.4 is 10.6 Å². The molecule has 2 rings (SSSR count). The molecule has 0 amide bonds. The standard InChI is InChI=1S/C13H19N3O/c1-9-15-11-6-5-10(7-12(11)17-9)16(4)13(2,3)8-14/h5-7H,8,14H2,1-4H3. The van der Waals surface area contributed by atoms with Crippen LogP contribution in [0.2, 0.25) is 0 Å². The number of fused-ring (bicyclic) bond motifs is 1. The van der Waals surface area contributed by atoms with Gasteiger partial charge in [0.1, 0.15) is 5.52 Å². The summed E-state index contributed by atoms with van der Waals surface area (Å²) in [5, 5.41) is 0. The summed E-state index contributed by atoms with van der Waals surface area (Å²) < 4.78 is 5.54. The number of oxazole rings is 1. The second-order valence-corrected chi connectivity index (χ2v) is 4.96. The normalized spacial score (nSPS) is 12.1. The van der Waals surface area contributed by atoms with Gasteiger partial charge in [-0.25, -0.2) is 4.98 Å². The van der Waals surface area contributed by atoms with Gasteiger partial charge in [0, 0.05) is 37.8 Å². The van der Waals surface area contributed by atoms with Gasteiger partial charge in [0.05, 0.1) is 0 Å². The smallest absolute Gasteiger partial charge is 0.192 e. The highest BCUT2D eigenvalue weighted by molar-refractivity contribution is 5.77. The van der Waals surface area contributed by atoms with E-state index >= 15 is 0 Å². The molecule has 2 N–H and O–H groups in total. The number of rotatable bonds is 3. The Bertz CT molecular complexity index is 530. The third-order valence-corrected chi connectivity index (χ3v) is 3.27. The van der Waals surface area contributed by atoms with Crippen LogP contribution in [0.3, 0.4) is 0 Å². The Balaban J connectivity index is 2.42. The van der Waals surface area contributed by atoms with Gasteiger partial charge >= 0.3 is 0 Å². The predicted octanol–water partition coefficient (Wildman–Crippen LogP) is 2.31. The first-order chi connectivity index (χ1) is 7.94. The summed E-state index contributed by atoms with van der Waals surface area (Å²) in [6.45, 7) is 6.68. The van der Waals surface area contributed by atoms with Crippen molar-refractivity contribution in [2.24, 2.45) is 5.73 Å². The number of nitrogens with two attached hydrogens (primary N) is 1. The first-order valence-electron chi connectivity index (χ1n) is 5.75. The van der Waals surface area contributed by atoms with Gasteiger partial charge < -0.3 is 15.1 Å². The molecule has 0 aliphatic carbocycles. The first-order valence-corrected chi connectivity index (χ1v) is 5.75. The fraction of sp³-hybridized carbons (Fsp3) is 0.462. The topological polar surface area (TPSA) is 55.3 Å². The summed E-state index contributed by atoms with van der Waals surface area (Å²) in [5.74, 6) is 0.692. The molecule has 0 atom stereocenters. The molecule has 0 bridgehead atoms. The molecular formula is C13H19N3O. The lowest BCUT2D eigenvalue weighted by atomic mass is 10.0. The van der Waals surface area contributed by atoms with E-state index in [1.807, 2.05) is 32.2 Å². The highest BCUT2D eigenvalue weighted by atomic mass is 16.3. The zero-order chi connectivity index (χ0) is 12.6. The molecule has 1 aromatic heterocycles. The average Bonchev–Trinajstić information content (AvgIpc) is 2.66. The van der Waals surface area contributed by atoms with Crippen LogP contribution >= 0.6 is 0 Å². The SMILES string of the molecule is Cc1nc2ccc(N(C)C(C)(C)CN)cc2o1. The molecule has 0 aliphatic heterocycles. The molecule has 92 valence electrons. The van der Waals surface area contributed by atoms with E-state index in [4.69, 9.17) is 10.2 Å².